The van der Waals surface area contributed by atoms with E-state index in [2.05, 4.69) is 4.72 Å². The number of hydrogen-bond acceptors (Lipinski definition) is 4. The van der Waals surface area contributed by atoms with Gasteiger partial charge in [-0.05, 0) is 36.6 Å². The van der Waals surface area contributed by atoms with E-state index in [0.29, 0.717) is 17.7 Å². The molecule has 3 aromatic rings. The highest BCUT2D eigenvalue weighted by atomic mass is 32.2. The molecule has 0 fully saturated rings. The third kappa shape index (κ3) is 3.83. The lowest BCUT2D eigenvalue weighted by Gasteiger charge is -2.09. The molecule has 6 heteroatoms. The fourth-order valence-corrected chi connectivity index (χ4v) is 3.61. The average molecular weight is 343 g/mol. The second-order valence-corrected chi connectivity index (χ2v) is 7.46. The van der Waals surface area contributed by atoms with Crippen molar-refractivity contribution in [1.29, 1.82) is 0 Å². The maximum absolute atomic E-state index is 12.2. The molecule has 0 saturated heterocycles. The molecule has 0 aliphatic rings. The summed E-state index contributed by atoms with van der Waals surface area (Å²) < 4.78 is 32.1. The third-order valence-corrected chi connectivity index (χ3v) is 5.02. The summed E-state index contributed by atoms with van der Waals surface area (Å²) in [5.74, 6) is -0.0210. The van der Waals surface area contributed by atoms with Crippen molar-refractivity contribution < 1.29 is 12.8 Å². The van der Waals surface area contributed by atoms with E-state index in [-0.39, 0.29) is 5.75 Å². The summed E-state index contributed by atoms with van der Waals surface area (Å²) in [6.07, 6.45) is 0.429. The van der Waals surface area contributed by atoms with Crippen LogP contribution in [0.25, 0.3) is 11.0 Å². The van der Waals surface area contributed by atoms with Crippen LogP contribution in [0.15, 0.2) is 63.8 Å². The van der Waals surface area contributed by atoms with Crippen LogP contribution in [0.4, 0.5) is 5.69 Å². The first-order chi connectivity index (χ1) is 11.4. The number of nitrogens with one attached hydrogen (secondary N) is 1. The van der Waals surface area contributed by atoms with Gasteiger partial charge in [0.15, 0.2) is 0 Å². The van der Waals surface area contributed by atoms with Crippen molar-refractivity contribution in [3.63, 3.8) is 0 Å². The van der Waals surface area contributed by atoms with Crippen LogP contribution in [0, 0.1) is 6.92 Å². The molecule has 24 heavy (non-hydrogen) atoms. The minimum Gasteiger partial charge on any atom is -0.423 e. The number of hydrogen-bond donors (Lipinski definition) is 1. The highest BCUT2D eigenvalue weighted by molar-refractivity contribution is 7.92. The molecule has 0 amide bonds. The maximum atomic E-state index is 12.2. The molecule has 0 radical (unpaired) electrons. The van der Waals surface area contributed by atoms with Gasteiger partial charge < -0.3 is 4.42 Å². The lowest BCUT2D eigenvalue weighted by Crippen LogP contribution is -2.18. The van der Waals surface area contributed by atoms with Crippen LogP contribution in [0.1, 0.15) is 11.1 Å². The SMILES string of the molecule is Cc1cc(=O)oc2cc(NS(=O)(=O)CCc3ccccc3)ccc12. The van der Waals surface area contributed by atoms with Gasteiger partial charge in [0.05, 0.1) is 11.4 Å². The van der Waals surface area contributed by atoms with Crippen molar-refractivity contribution in [3.05, 3.63) is 76.1 Å². The van der Waals surface area contributed by atoms with Crippen molar-refractivity contribution >= 4 is 26.7 Å². The average Bonchev–Trinajstić information content (AvgIpc) is 2.53. The second kappa shape index (κ2) is 6.49. The molecule has 5 nitrogen and oxygen atoms in total. The van der Waals surface area contributed by atoms with E-state index in [1.807, 2.05) is 37.3 Å². The van der Waals surface area contributed by atoms with E-state index in [9.17, 15) is 13.2 Å². The summed E-state index contributed by atoms with van der Waals surface area (Å²) in [7, 11) is -3.49. The van der Waals surface area contributed by atoms with Crippen LogP contribution in [-0.2, 0) is 16.4 Å². The zero-order chi connectivity index (χ0) is 17.2. The van der Waals surface area contributed by atoms with Crippen LogP contribution >= 0.6 is 0 Å². The van der Waals surface area contributed by atoms with Crippen molar-refractivity contribution in [2.75, 3.05) is 10.5 Å². The molecule has 0 spiro atoms. The smallest absolute Gasteiger partial charge is 0.336 e. The first-order valence-corrected chi connectivity index (χ1v) is 9.17. The third-order valence-electron chi connectivity index (χ3n) is 3.73. The van der Waals surface area contributed by atoms with Gasteiger partial charge in [-0.2, -0.15) is 0 Å². The number of benzene rings is 2. The molecule has 124 valence electrons. The van der Waals surface area contributed by atoms with Crippen LogP contribution in [0.5, 0.6) is 0 Å². The van der Waals surface area contributed by atoms with E-state index in [4.69, 9.17) is 4.42 Å². The Balaban J connectivity index is 1.79. The maximum Gasteiger partial charge on any atom is 0.336 e. The minimum absolute atomic E-state index is 0.0210. The van der Waals surface area contributed by atoms with E-state index in [0.717, 1.165) is 16.5 Å². The van der Waals surface area contributed by atoms with Gasteiger partial charge in [-0.25, -0.2) is 13.2 Å². The van der Waals surface area contributed by atoms with Gasteiger partial charge in [0.2, 0.25) is 10.0 Å². The topological polar surface area (TPSA) is 76.4 Å². The van der Waals surface area contributed by atoms with Gasteiger partial charge in [0.1, 0.15) is 5.58 Å². The van der Waals surface area contributed by atoms with Crippen LogP contribution < -0.4 is 10.3 Å². The Morgan fingerprint density at radius 1 is 1.04 bits per heavy atom. The predicted molar refractivity (Wildman–Crippen MR) is 94.8 cm³/mol. The summed E-state index contributed by atoms with van der Waals surface area (Å²) in [5, 5.41) is 0.779. The predicted octanol–water partition coefficient (Wildman–Crippen LogP) is 3.09. The molecular formula is C18H17NO4S. The quantitative estimate of drug-likeness (QED) is 0.722. The Hall–Kier alpha value is -2.60. The molecule has 0 saturated carbocycles. The molecule has 1 heterocycles. The van der Waals surface area contributed by atoms with Crippen molar-refractivity contribution in [2.24, 2.45) is 0 Å². The highest BCUT2D eigenvalue weighted by Gasteiger charge is 2.12. The van der Waals surface area contributed by atoms with Gasteiger partial charge in [-0.1, -0.05) is 30.3 Å². The Morgan fingerprint density at radius 2 is 1.79 bits per heavy atom. The monoisotopic (exact) mass is 343 g/mol. The zero-order valence-electron chi connectivity index (χ0n) is 13.2. The molecule has 0 bridgehead atoms. The summed E-state index contributed by atoms with van der Waals surface area (Å²) in [5.41, 5.74) is 2.04. The number of anilines is 1. The molecule has 0 aliphatic carbocycles. The lowest BCUT2D eigenvalue weighted by atomic mass is 10.1. The Kier molecular flexibility index (Phi) is 4.40. The number of aryl methyl sites for hydroxylation is 2. The Labute approximate surface area is 140 Å². The molecule has 3 rings (SSSR count). The second-order valence-electron chi connectivity index (χ2n) is 5.62. The van der Waals surface area contributed by atoms with Gasteiger partial charge in [0.25, 0.3) is 0 Å². The van der Waals surface area contributed by atoms with E-state index >= 15 is 0 Å². The normalized spacial score (nSPS) is 11.5. The van der Waals surface area contributed by atoms with Crippen LogP contribution in [0.3, 0.4) is 0 Å². The van der Waals surface area contributed by atoms with Gasteiger partial charge in [0, 0.05) is 17.5 Å². The fraction of sp³-hybridized carbons (Fsp3) is 0.167. The number of fused-ring (bicyclic) bond motifs is 1. The number of sulfonamides is 1. The molecule has 0 aliphatic heterocycles. The summed E-state index contributed by atoms with van der Waals surface area (Å²) in [4.78, 5) is 11.5. The van der Waals surface area contributed by atoms with Gasteiger partial charge in [-0.15, -0.1) is 0 Å². The largest absolute Gasteiger partial charge is 0.423 e. The van der Waals surface area contributed by atoms with E-state index in [1.165, 1.54) is 12.1 Å². The van der Waals surface area contributed by atoms with Crippen molar-refractivity contribution in [2.45, 2.75) is 13.3 Å². The molecular weight excluding hydrogens is 326 g/mol. The molecule has 2 aromatic carbocycles. The molecule has 1 aromatic heterocycles. The molecule has 0 unspecified atom stereocenters. The molecule has 1 N–H and O–H groups in total. The van der Waals surface area contributed by atoms with Gasteiger partial charge in [-0.3, -0.25) is 4.72 Å². The number of rotatable bonds is 5. The van der Waals surface area contributed by atoms with E-state index in [1.54, 1.807) is 12.1 Å². The fourth-order valence-electron chi connectivity index (χ4n) is 2.52. The van der Waals surface area contributed by atoms with Crippen molar-refractivity contribution in [3.8, 4) is 0 Å². The van der Waals surface area contributed by atoms with Crippen molar-refractivity contribution in [1.82, 2.24) is 0 Å². The zero-order valence-corrected chi connectivity index (χ0v) is 14.0. The van der Waals surface area contributed by atoms with Crippen LogP contribution in [0.2, 0.25) is 0 Å². The van der Waals surface area contributed by atoms with Crippen LogP contribution in [-0.4, -0.2) is 14.2 Å². The Morgan fingerprint density at radius 3 is 2.54 bits per heavy atom. The first-order valence-electron chi connectivity index (χ1n) is 7.52. The molecule has 0 atom stereocenters. The lowest BCUT2D eigenvalue weighted by molar-refractivity contribution is 0.560. The standard InChI is InChI=1S/C18H17NO4S/c1-13-11-18(20)23-17-12-15(7-8-16(13)17)19-24(21,22)10-9-14-5-3-2-4-6-14/h2-8,11-12,19H,9-10H2,1H3. The van der Waals surface area contributed by atoms with E-state index < -0.39 is 15.6 Å². The Bertz CT molecular complexity index is 1020. The van der Waals surface area contributed by atoms with Gasteiger partial charge >= 0.3 is 5.63 Å². The first kappa shape index (κ1) is 16.3. The highest BCUT2D eigenvalue weighted by Crippen LogP contribution is 2.21. The summed E-state index contributed by atoms with van der Waals surface area (Å²) in [6, 6.07) is 15.8. The summed E-state index contributed by atoms with van der Waals surface area (Å²) >= 11 is 0. The summed E-state index contributed by atoms with van der Waals surface area (Å²) in [6.45, 7) is 1.81. The minimum atomic E-state index is -3.49.